The van der Waals surface area contributed by atoms with Crippen LogP contribution < -0.4 is 21.3 Å². The fourth-order valence-corrected chi connectivity index (χ4v) is 1.12. The third-order valence-electron chi connectivity index (χ3n) is 1.94. The molecule has 0 amide bonds. The van der Waals surface area contributed by atoms with Crippen molar-refractivity contribution in [2.75, 3.05) is 52.9 Å². The molecule has 0 fully saturated rings. The SMILES string of the molecule is CC.CC.CCCNCCNCCNCCNC. The van der Waals surface area contributed by atoms with Crippen molar-refractivity contribution in [3.63, 3.8) is 0 Å². The fraction of sp³-hybridized carbons (Fsp3) is 1.00. The highest BCUT2D eigenvalue weighted by Gasteiger charge is 1.87. The Kier molecular flexibility index (Phi) is 38.5. The summed E-state index contributed by atoms with van der Waals surface area (Å²) in [4.78, 5) is 0. The van der Waals surface area contributed by atoms with Crippen molar-refractivity contribution in [2.24, 2.45) is 0 Å². The van der Waals surface area contributed by atoms with E-state index in [4.69, 9.17) is 0 Å². The highest BCUT2D eigenvalue weighted by atomic mass is 15.0. The first-order valence-corrected chi connectivity index (χ1v) is 7.68. The molecule has 0 aromatic carbocycles. The molecule has 0 saturated carbocycles. The molecular weight excluding hydrogens is 224 g/mol. The Morgan fingerprint density at radius 2 is 0.889 bits per heavy atom. The molecule has 4 N–H and O–H groups in total. The molecule has 0 aromatic heterocycles. The van der Waals surface area contributed by atoms with Crippen LogP contribution in [0.15, 0.2) is 0 Å². The lowest BCUT2D eigenvalue weighted by Gasteiger charge is -2.06. The van der Waals surface area contributed by atoms with Crippen molar-refractivity contribution in [2.45, 2.75) is 41.0 Å². The van der Waals surface area contributed by atoms with Crippen molar-refractivity contribution in [3.05, 3.63) is 0 Å². The van der Waals surface area contributed by atoms with Crippen LogP contribution in [-0.2, 0) is 0 Å². The van der Waals surface area contributed by atoms with E-state index in [-0.39, 0.29) is 0 Å². The number of rotatable bonds is 11. The Morgan fingerprint density at radius 1 is 0.556 bits per heavy atom. The van der Waals surface area contributed by atoms with Gasteiger partial charge in [0, 0.05) is 39.3 Å². The van der Waals surface area contributed by atoms with E-state index in [2.05, 4.69) is 28.2 Å². The highest BCUT2D eigenvalue weighted by molar-refractivity contribution is 4.55. The standard InChI is InChI=1S/C10H26N4.2C2H6/c1-3-4-12-7-8-14-10-9-13-6-5-11-2;2*1-2/h11-14H,3-10H2,1-2H3;2*1-2H3. The van der Waals surface area contributed by atoms with Gasteiger partial charge in [0.2, 0.25) is 0 Å². The Labute approximate surface area is 116 Å². The minimum atomic E-state index is 1.04. The van der Waals surface area contributed by atoms with Gasteiger partial charge in [0.1, 0.15) is 0 Å². The van der Waals surface area contributed by atoms with Gasteiger partial charge < -0.3 is 21.3 Å². The van der Waals surface area contributed by atoms with E-state index in [1.165, 1.54) is 6.42 Å². The summed E-state index contributed by atoms with van der Waals surface area (Å²) in [6, 6.07) is 0. The molecule has 0 unspecified atom stereocenters. The van der Waals surface area contributed by atoms with Gasteiger partial charge in [0.05, 0.1) is 0 Å². The summed E-state index contributed by atoms with van der Waals surface area (Å²) in [7, 11) is 1.97. The van der Waals surface area contributed by atoms with E-state index >= 15 is 0 Å². The summed E-state index contributed by atoms with van der Waals surface area (Å²) in [6.07, 6.45) is 1.21. The predicted molar refractivity (Wildman–Crippen MR) is 85.5 cm³/mol. The minimum Gasteiger partial charge on any atom is -0.318 e. The molecule has 0 atom stereocenters. The van der Waals surface area contributed by atoms with E-state index in [9.17, 15) is 0 Å². The van der Waals surface area contributed by atoms with Gasteiger partial charge in [-0.25, -0.2) is 0 Å². The van der Waals surface area contributed by atoms with Gasteiger partial charge in [-0.15, -0.1) is 0 Å². The van der Waals surface area contributed by atoms with Crippen LogP contribution >= 0.6 is 0 Å². The molecular formula is C14H38N4. The van der Waals surface area contributed by atoms with Crippen LogP contribution in [0.25, 0.3) is 0 Å². The van der Waals surface area contributed by atoms with Crippen LogP contribution in [0.2, 0.25) is 0 Å². The average Bonchev–Trinajstić information content (AvgIpc) is 2.45. The Balaban J connectivity index is -0.000000506. The van der Waals surface area contributed by atoms with Gasteiger partial charge in [-0.3, -0.25) is 0 Å². The normalized spacial score (nSPS) is 9.00. The first-order chi connectivity index (χ1) is 8.91. The lowest BCUT2D eigenvalue weighted by Crippen LogP contribution is -2.34. The van der Waals surface area contributed by atoms with Crippen LogP contribution in [0.4, 0.5) is 0 Å². The van der Waals surface area contributed by atoms with Crippen LogP contribution in [-0.4, -0.2) is 52.9 Å². The van der Waals surface area contributed by atoms with Crippen molar-refractivity contribution in [1.82, 2.24) is 21.3 Å². The molecule has 0 aliphatic rings. The van der Waals surface area contributed by atoms with Gasteiger partial charge in [-0.05, 0) is 20.0 Å². The summed E-state index contributed by atoms with van der Waals surface area (Å²) in [5, 5.41) is 13.2. The molecule has 0 aliphatic heterocycles. The van der Waals surface area contributed by atoms with Crippen LogP contribution in [0.3, 0.4) is 0 Å². The Morgan fingerprint density at radius 3 is 1.22 bits per heavy atom. The van der Waals surface area contributed by atoms with E-state index in [1.54, 1.807) is 0 Å². The average molecular weight is 262 g/mol. The summed E-state index contributed by atoms with van der Waals surface area (Å²) < 4.78 is 0. The predicted octanol–water partition coefficient (Wildman–Crippen LogP) is 1.44. The van der Waals surface area contributed by atoms with Crippen LogP contribution in [0, 0.1) is 0 Å². The zero-order chi connectivity index (χ0) is 14.5. The van der Waals surface area contributed by atoms with E-state index in [1.807, 2.05) is 34.7 Å². The maximum absolute atomic E-state index is 3.38. The molecule has 0 aliphatic carbocycles. The van der Waals surface area contributed by atoms with Crippen LogP contribution in [0.5, 0.6) is 0 Å². The summed E-state index contributed by atoms with van der Waals surface area (Å²) >= 11 is 0. The molecule has 0 heterocycles. The molecule has 18 heavy (non-hydrogen) atoms. The molecule has 0 spiro atoms. The number of hydrogen-bond acceptors (Lipinski definition) is 4. The van der Waals surface area contributed by atoms with Crippen molar-refractivity contribution >= 4 is 0 Å². The van der Waals surface area contributed by atoms with Gasteiger partial charge in [0.15, 0.2) is 0 Å². The maximum atomic E-state index is 3.38. The number of likely N-dealkylation sites (N-methyl/N-ethyl adjacent to an activating group) is 1. The zero-order valence-electron chi connectivity index (χ0n) is 13.7. The van der Waals surface area contributed by atoms with Crippen molar-refractivity contribution in [1.29, 1.82) is 0 Å². The van der Waals surface area contributed by atoms with E-state index < -0.39 is 0 Å². The van der Waals surface area contributed by atoms with E-state index in [0.717, 1.165) is 45.8 Å². The Bertz CT molecular complexity index is 87.8. The Hall–Kier alpha value is -0.160. The summed E-state index contributed by atoms with van der Waals surface area (Å²) in [5.41, 5.74) is 0. The topological polar surface area (TPSA) is 48.1 Å². The second-order valence-corrected chi connectivity index (χ2v) is 3.35. The molecule has 4 heteroatoms. The molecule has 114 valence electrons. The minimum absolute atomic E-state index is 1.04. The van der Waals surface area contributed by atoms with Gasteiger partial charge in [0.25, 0.3) is 0 Å². The second-order valence-electron chi connectivity index (χ2n) is 3.35. The van der Waals surface area contributed by atoms with Crippen molar-refractivity contribution < 1.29 is 0 Å². The maximum Gasteiger partial charge on any atom is 0.00772 e. The zero-order valence-corrected chi connectivity index (χ0v) is 13.7. The number of hydrogen-bond donors (Lipinski definition) is 4. The van der Waals surface area contributed by atoms with Gasteiger partial charge in [-0.1, -0.05) is 34.6 Å². The lowest BCUT2D eigenvalue weighted by atomic mass is 10.4. The quantitative estimate of drug-likeness (QED) is 0.426. The summed E-state index contributed by atoms with van der Waals surface area (Å²) in [5.74, 6) is 0. The summed E-state index contributed by atoms with van der Waals surface area (Å²) in [6.45, 7) is 17.6. The van der Waals surface area contributed by atoms with Gasteiger partial charge in [-0.2, -0.15) is 0 Å². The van der Waals surface area contributed by atoms with E-state index in [0.29, 0.717) is 0 Å². The second kappa shape index (κ2) is 30.1. The largest absolute Gasteiger partial charge is 0.318 e. The molecule has 0 aromatic rings. The first kappa shape index (κ1) is 23.0. The lowest BCUT2D eigenvalue weighted by molar-refractivity contribution is 0.574. The smallest absolute Gasteiger partial charge is 0.00772 e. The molecule has 4 nitrogen and oxygen atoms in total. The first-order valence-electron chi connectivity index (χ1n) is 7.68. The van der Waals surface area contributed by atoms with Crippen molar-refractivity contribution in [3.8, 4) is 0 Å². The fourth-order valence-electron chi connectivity index (χ4n) is 1.12. The third kappa shape index (κ3) is 29.7. The monoisotopic (exact) mass is 262 g/mol. The molecule has 0 saturated heterocycles. The molecule has 0 rings (SSSR count). The van der Waals surface area contributed by atoms with Crippen LogP contribution in [0.1, 0.15) is 41.0 Å². The molecule has 0 radical (unpaired) electrons. The highest BCUT2D eigenvalue weighted by Crippen LogP contribution is 1.68. The third-order valence-corrected chi connectivity index (χ3v) is 1.94. The number of nitrogens with one attached hydrogen (secondary N) is 4. The molecule has 0 bridgehead atoms. The van der Waals surface area contributed by atoms with Gasteiger partial charge >= 0.3 is 0 Å².